The predicted octanol–water partition coefficient (Wildman–Crippen LogP) is 5.27. The van der Waals surface area contributed by atoms with Crippen molar-refractivity contribution in [3.8, 4) is 0 Å². The molecule has 1 aliphatic rings. The van der Waals surface area contributed by atoms with Crippen molar-refractivity contribution in [2.45, 2.75) is 44.1 Å². The quantitative estimate of drug-likeness (QED) is 0.524. The SMILES string of the molecule is CCC(Cc1cccc(C(=O)NC)c1N1CCC(O)(c2ccccc2)CC1)c1ccccc1. The van der Waals surface area contributed by atoms with Crippen LogP contribution in [0.2, 0.25) is 0 Å². The third-order valence-corrected chi connectivity index (χ3v) is 7.04. The number of para-hydroxylation sites is 1. The second kappa shape index (κ2) is 10.2. The Bertz CT molecular complexity index is 1060. The van der Waals surface area contributed by atoms with Crippen LogP contribution in [0.4, 0.5) is 5.69 Å². The van der Waals surface area contributed by atoms with Crippen molar-refractivity contribution in [1.29, 1.82) is 0 Å². The van der Waals surface area contributed by atoms with Crippen molar-refractivity contribution in [3.63, 3.8) is 0 Å². The lowest BCUT2D eigenvalue weighted by Crippen LogP contribution is -2.43. The molecule has 1 atom stereocenters. The van der Waals surface area contributed by atoms with E-state index in [0.29, 0.717) is 37.4 Å². The van der Waals surface area contributed by atoms with Gasteiger partial charge in [0.2, 0.25) is 0 Å². The number of carbonyl (C=O) groups excluding carboxylic acids is 1. The third-order valence-electron chi connectivity index (χ3n) is 7.04. The molecule has 1 saturated heterocycles. The Kier molecular flexibility index (Phi) is 7.14. The maximum absolute atomic E-state index is 12.8. The van der Waals surface area contributed by atoms with Crippen LogP contribution in [-0.4, -0.2) is 31.2 Å². The normalized spacial score (nSPS) is 16.3. The largest absolute Gasteiger partial charge is 0.385 e. The van der Waals surface area contributed by atoms with Crippen LogP contribution in [0, 0.1) is 0 Å². The number of nitrogens with one attached hydrogen (secondary N) is 1. The lowest BCUT2D eigenvalue weighted by molar-refractivity contribution is 0.0117. The number of nitrogens with zero attached hydrogens (tertiary/aromatic N) is 1. The lowest BCUT2D eigenvalue weighted by Gasteiger charge is -2.41. The van der Waals surface area contributed by atoms with Crippen LogP contribution < -0.4 is 10.2 Å². The van der Waals surface area contributed by atoms with E-state index >= 15 is 0 Å². The fourth-order valence-corrected chi connectivity index (χ4v) is 5.07. The molecular formula is C29H34N2O2. The molecule has 172 valence electrons. The Morgan fingerprint density at radius 2 is 1.61 bits per heavy atom. The van der Waals surface area contributed by atoms with Gasteiger partial charge < -0.3 is 15.3 Å². The van der Waals surface area contributed by atoms with Gasteiger partial charge in [0.1, 0.15) is 0 Å². The number of amides is 1. The Balaban J connectivity index is 1.65. The van der Waals surface area contributed by atoms with Gasteiger partial charge in [0.05, 0.1) is 16.9 Å². The molecule has 1 unspecified atom stereocenters. The first-order valence-corrected chi connectivity index (χ1v) is 12.0. The number of piperidine rings is 1. The number of aliphatic hydroxyl groups is 1. The highest BCUT2D eigenvalue weighted by Gasteiger charge is 2.35. The molecule has 4 nitrogen and oxygen atoms in total. The van der Waals surface area contributed by atoms with E-state index in [4.69, 9.17) is 0 Å². The smallest absolute Gasteiger partial charge is 0.253 e. The summed E-state index contributed by atoms with van der Waals surface area (Å²) < 4.78 is 0. The fourth-order valence-electron chi connectivity index (χ4n) is 5.07. The summed E-state index contributed by atoms with van der Waals surface area (Å²) >= 11 is 0. The van der Waals surface area contributed by atoms with Gasteiger partial charge in [-0.25, -0.2) is 0 Å². The summed E-state index contributed by atoms with van der Waals surface area (Å²) in [6.45, 7) is 3.63. The number of hydrogen-bond acceptors (Lipinski definition) is 3. The highest BCUT2D eigenvalue weighted by molar-refractivity contribution is 6.00. The molecule has 4 heteroatoms. The highest BCUT2D eigenvalue weighted by atomic mass is 16.3. The van der Waals surface area contributed by atoms with Crippen LogP contribution in [0.25, 0.3) is 0 Å². The molecule has 1 amide bonds. The van der Waals surface area contributed by atoms with E-state index in [9.17, 15) is 9.90 Å². The number of benzene rings is 3. The summed E-state index contributed by atoms with van der Waals surface area (Å²) in [4.78, 5) is 15.1. The lowest BCUT2D eigenvalue weighted by atomic mass is 9.83. The van der Waals surface area contributed by atoms with Crippen LogP contribution in [-0.2, 0) is 12.0 Å². The molecule has 33 heavy (non-hydrogen) atoms. The molecule has 1 fully saturated rings. The molecule has 0 aromatic heterocycles. The van der Waals surface area contributed by atoms with Crippen molar-refractivity contribution in [1.82, 2.24) is 5.32 Å². The molecule has 1 aliphatic heterocycles. The molecule has 1 heterocycles. The van der Waals surface area contributed by atoms with E-state index < -0.39 is 5.60 Å². The zero-order valence-corrected chi connectivity index (χ0v) is 19.6. The molecule has 4 rings (SSSR count). The van der Waals surface area contributed by atoms with Crippen LogP contribution in [0.3, 0.4) is 0 Å². The topological polar surface area (TPSA) is 52.6 Å². The van der Waals surface area contributed by atoms with Crippen molar-refractivity contribution in [2.75, 3.05) is 25.0 Å². The molecule has 3 aromatic rings. The molecule has 2 N–H and O–H groups in total. The molecule has 0 radical (unpaired) electrons. The van der Waals surface area contributed by atoms with E-state index in [1.54, 1.807) is 7.05 Å². The summed E-state index contributed by atoms with van der Waals surface area (Å²) in [5, 5.41) is 14.1. The molecule has 0 spiro atoms. The molecular weight excluding hydrogens is 408 g/mol. The second-order valence-corrected chi connectivity index (χ2v) is 9.00. The van der Waals surface area contributed by atoms with Gasteiger partial charge >= 0.3 is 0 Å². The second-order valence-electron chi connectivity index (χ2n) is 9.00. The van der Waals surface area contributed by atoms with Gasteiger partial charge in [-0.3, -0.25) is 4.79 Å². The first-order valence-electron chi connectivity index (χ1n) is 12.0. The van der Waals surface area contributed by atoms with Crippen LogP contribution in [0.15, 0.2) is 78.9 Å². The van der Waals surface area contributed by atoms with E-state index in [1.807, 2.05) is 42.5 Å². The van der Waals surface area contributed by atoms with Gasteiger partial charge in [0.15, 0.2) is 0 Å². The molecule has 0 bridgehead atoms. The van der Waals surface area contributed by atoms with Crippen molar-refractivity contribution in [3.05, 3.63) is 101 Å². The fraction of sp³-hybridized carbons (Fsp3) is 0.345. The van der Waals surface area contributed by atoms with Crippen LogP contribution in [0.1, 0.15) is 59.2 Å². The van der Waals surface area contributed by atoms with Gasteiger partial charge in [-0.15, -0.1) is 0 Å². The Labute approximate surface area is 197 Å². The highest BCUT2D eigenvalue weighted by Crippen LogP contribution is 2.38. The summed E-state index contributed by atoms with van der Waals surface area (Å²) in [5.74, 6) is 0.319. The van der Waals surface area contributed by atoms with Gasteiger partial charge in [-0.05, 0) is 54.4 Å². The van der Waals surface area contributed by atoms with Crippen molar-refractivity contribution >= 4 is 11.6 Å². The van der Waals surface area contributed by atoms with Crippen LogP contribution >= 0.6 is 0 Å². The first kappa shape index (κ1) is 23.1. The monoisotopic (exact) mass is 442 g/mol. The Hall–Kier alpha value is -3.11. The number of hydrogen-bond donors (Lipinski definition) is 2. The van der Waals surface area contributed by atoms with Gasteiger partial charge in [-0.1, -0.05) is 79.7 Å². The van der Waals surface area contributed by atoms with Crippen molar-refractivity contribution in [2.24, 2.45) is 0 Å². The predicted molar refractivity (Wildman–Crippen MR) is 135 cm³/mol. The van der Waals surface area contributed by atoms with E-state index in [-0.39, 0.29) is 5.91 Å². The summed E-state index contributed by atoms with van der Waals surface area (Å²) in [5.41, 5.74) is 4.39. The maximum Gasteiger partial charge on any atom is 0.253 e. The standard InChI is InChI=1S/C29H34N2O2/c1-3-22(23-11-6-4-7-12-23)21-24-13-10-16-26(28(32)30-2)27(24)31-19-17-29(33,18-20-31)25-14-8-5-9-15-25/h4-16,22,33H,3,17-21H2,1-2H3,(H,30,32). The van der Waals surface area contributed by atoms with E-state index in [2.05, 4.69) is 53.5 Å². The Morgan fingerprint density at radius 1 is 0.970 bits per heavy atom. The minimum absolute atomic E-state index is 0.0662. The zero-order valence-electron chi connectivity index (χ0n) is 19.6. The number of carbonyl (C=O) groups is 1. The summed E-state index contributed by atoms with van der Waals surface area (Å²) in [6, 6.07) is 26.6. The minimum atomic E-state index is -0.824. The number of rotatable bonds is 7. The molecule has 0 saturated carbocycles. The van der Waals surface area contributed by atoms with Gasteiger partial charge in [-0.2, -0.15) is 0 Å². The average Bonchev–Trinajstić information content (AvgIpc) is 2.88. The zero-order chi connectivity index (χ0) is 23.3. The summed E-state index contributed by atoms with van der Waals surface area (Å²) in [6.07, 6.45) is 3.17. The Morgan fingerprint density at radius 3 is 2.21 bits per heavy atom. The molecule has 3 aromatic carbocycles. The van der Waals surface area contributed by atoms with E-state index in [1.165, 1.54) is 11.1 Å². The maximum atomic E-state index is 12.8. The third kappa shape index (κ3) is 4.96. The van der Waals surface area contributed by atoms with Crippen molar-refractivity contribution < 1.29 is 9.90 Å². The average molecular weight is 443 g/mol. The summed E-state index contributed by atoms with van der Waals surface area (Å²) in [7, 11) is 1.68. The van der Waals surface area contributed by atoms with E-state index in [0.717, 1.165) is 24.1 Å². The van der Waals surface area contributed by atoms with Crippen LogP contribution in [0.5, 0.6) is 0 Å². The number of anilines is 1. The first-order chi connectivity index (χ1) is 16.1. The van der Waals surface area contributed by atoms with Gasteiger partial charge in [0, 0.05) is 20.1 Å². The van der Waals surface area contributed by atoms with Gasteiger partial charge in [0.25, 0.3) is 5.91 Å². The molecule has 0 aliphatic carbocycles. The minimum Gasteiger partial charge on any atom is -0.385 e.